The van der Waals surface area contributed by atoms with Gasteiger partial charge in [-0.25, -0.2) is 0 Å². The van der Waals surface area contributed by atoms with Gasteiger partial charge in [0.05, 0.1) is 28.4 Å². The number of nitrogens with zero attached hydrogens (tertiary/aromatic N) is 2. The Morgan fingerprint density at radius 1 is 1.08 bits per heavy atom. The number of aliphatic hydroxyl groups is 1. The predicted molar refractivity (Wildman–Crippen MR) is 131 cm³/mol. The second-order valence-electron chi connectivity index (χ2n) is 10.6. The summed E-state index contributed by atoms with van der Waals surface area (Å²) in [7, 11) is 0. The predicted octanol–water partition coefficient (Wildman–Crippen LogP) is 4.86. The fraction of sp³-hybridized carbons (Fsp3) is 0.407. The molecule has 0 bridgehead atoms. The van der Waals surface area contributed by atoms with Gasteiger partial charge in [-0.05, 0) is 61.1 Å². The Labute approximate surface area is 206 Å². The molecule has 1 amide bonds. The maximum Gasteiger partial charge on any atom is 0.416 e. The average Bonchev–Trinajstić information content (AvgIpc) is 3.10. The number of hydrogen-bond donors (Lipinski definition) is 2. The minimum Gasteiger partial charge on any atom is -0.393 e. The third-order valence-corrected chi connectivity index (χ3v) is 7.27. The summed E-state index contributed by atoms with van der Waals surface area (Å²) in [6.45, 7) is 5.01. The van der Waals surface area contributed by atoms with E-state index in [0.717, 1.165) is 12.1 Å². The second-order valence-corrected chi connectivity index (χ2v) is 10.6. The molecule has 0 atom stereocenters. The van der Waals surface area contributed by atoms with Gasteiger partial charge < -0.3 is 20.3 Å². The molecular formula is C27H28F3N3O3. The van der Waals surface area contributed by atoms with E-state index in [0.29, 0.717) is 66.1 Å². The van der Waals surface area contributed by atoms with Crippen molar-refractivity contribution in [3.8, 4) is 5.69 Å². The molecule has 1 aliphatic heterocycles. The molecule has 1 aromatic heterocycles. The number of primary amides is 1. The van der Waals surface area contributed by atoms with E-state index in [1.54, 1.807) is 18.2 Å². The molecule has 36 heavy (non-hydrogen) atoms. The zero-order valence-corrected chi connectivity index (χ0v) is 20.2. The summed E-state index contributed by atoms with van der Waals surface area (Å²) in [4.78, 5) is 27.4. The van der Waals surface area contributed by atoms with Gasteiger partial charge in [-0.2, -0.15) is 13.2 Å². The zero-order valence-electron chi connectivity index (χ0n) is 20.2. The Hall–Kier alpha value is -3.33. The van der Waals surface area contributed by atoms with Gasteiger partial charge >= 0.3 is 6.18 Å². The maximum atomic E-state index is 13.5. The molecule has 0 radical (unpaired) electrons. The number of hydrogen-bond acceptors (Lipinski definition) is 4. The first-order chi connectivity index (χ1) is 16.9. The molecule has 0 saturated carbocycles. The maximum absolute atomic E-state index is 13.5. The van der Waals surface area contributed by atoms with Crippen LogP contribution in [0.2, 0.25) is 0 Å². The average molecular weight is 500 g/mol. The zero-order chi connectivity index (χ0) is 26.0. The number of fused-ring (bicyclic) bond motifs is 3. The van der Waals surface area contributed by atoms with Gasteiger partial charge in [0.15, 0.2) is 5.78 Å². The molecule has 6 nitrogen and oxygen atoms in total. The minimum atomic E-state index is -4.53. The number of rotatable bonds is 3. The van der Waals surface area contributed by atoms with E-state index in [2.05, 4.69) is 0 Å². The van der Waals surface area contributed by atoms with E-state index >= 15 is 0 Å². The Morgan fingerprint density at radius 2 is 1.78 bits per heavy atom. The molecule has 2 heterocycles. The van der Waals surface area contributed by atoms with Crippen molar-refractivity contribution in [1.29, 1.82) is 0 Å². The number of Topliss-reactive ketones (excluding diaryl/α,β-unsaturated/α-hetero) is 1. The van der Waals surface area contributed by atoms with Crippen molar-refractivity contribution in [1.82, 2.24) is 4.57 Å². The summed E-state index contributed by atoms with van der Waals surface area (Å²) in [5.74, 6) is -0.767. The van der Waals surface area contributed by atoms with Crippen LogP contribution in [-0.4, -0.2) is 40.6 Å². The number of piperidine rings is 1. The van der Waals surface area contributed by atoms with Crippen LogP contribution in [0.4, 0.5) is 18.9 Å². The van der Waals surface area contributed by atoms with Crippen molar-refractivity contribution < 1.29 is 27.9 Å². The molecule has 3 N–H and O–H groups in total. The van der Waals surface area contributed by atoms with E-state index in [4.69, 9.17) is 5.73 Å². The number of carbonyl (C=O) groups is 2. The normalized spacial score (nSPS) is 18.5. The summed E-state index contributed by atoms with van der Waals surface area (Å²) in [5, 5.41) is 10.2. The quantitative estimate of drug-likeness (QED) is 0.539. The highest BCUT2D eigenvalue weighted by Crippen LogP contribution is 2.43. The molecule has 3 aromatic rings. The minimum absolute atomic E-state index is 0.177. The molecule has 1 fully saturated rings. The summed E-state index contributed by atoms with van der Waals surface area (Å²) in [5.41, 5.74) is 7.57. The first-order valence-electron chi connectivity index (χ1n) is 12.0. The summed E-state index contributed by atoms with van der Waals surface area (Å²) in [6.07, 6.45) is -3.09. The van der Waals surface area contributed by atoms with Gasteiger partial charge in [0.25, 0.3) is 5.91 Å². The van der Waals surface area contributed by atoms with Crippen LogP contribution in [-0.2, 0) is 12.6 Å². The molecule has 5 rings (SSSR count). The second kappa shape index (κ2) is 8.37. The number of ketones is 1. The number of nitrogens with two attached hydrogens (primary N) is 1. The number of alkyl halides is 3. The van der Waals surface area contributed by atoms with Crippen molar-refractivity contribution in [2.24, 2.45) is 11.1 Å². The first-order valence-corrected chi connectivity index (χ1v) is 12.0. The molecule has 190 valence electrons. The lowest BCUT2D eigenvalue weighted by molar-refractivity contribution is -0.137. The molecule has 2 aromatic carbocycles. The third kappa shape index (κ3) is 4.15. The third-order valence-electron chi connectivity index (χ3n) is 7.27. The van der Waals surface area contributed by atoms with Crippen molar-refractivity contribution in [3.63, 3.8) is 0 Å². The topological polar surface area (TPSA) is 88.6 Å². The first kappa shape index (κ1) is 24.4. The molecular weight excluding hydrogens is 471 g/mol. The van der Waals surface area contributed by atoms with Gasteiger partial charge in [-0.1, -0.05) is 13.8 Å². The molecule has 1 aliphatic carbocycles. The Morgan fingerprint density at radius 3 is 2.42 bits per heavy atom. The van der Waals surface area contributed by atoms with Crippen LogP contribution in [0.15, 0.2) is 36.4 Å². The van der Waals surface area contributed by atoms with E-state index in [9.17, 15) is 27.9 Å². The molecule has 1 saturated heterocycles. The largest absolute Gasteiger partial charge is 0.416 e. The number of aliphatic hydroxyl groups excluding tert-OH is 1. The van der Waals surface area contributed by atoms with Crippen molar-refractivity contribution in [3.05, 3.63) is 58.8 Å². The van der Waals surface area contributed by atoms with Gasteiger partial charge in [0.2, 0.25) is 0 Å². The lowest BCUT2D eigenvalue weighted by Gasteiger charge is -2.33. The number of amides is 1. The van der Waals surface area contributed by atoms with Crippen LogP contribution >= 0.6 is 0 Å². The number of carbonyl (C=O) groups excluding carboxylic acids is 2. The fourth-order valence-electron chi connectivity index (χ4n) is 5.57. The highest BCUT2D eigenvalue weighted by atomic mass is 19.4. The number of benzene rings is 2. The fourth-order valence-corrected chi connectivity index (χ4v) is 5.57. The standard InChI is InChI=1S/C27H28F3N3O3/c1-26(2)13-22-24(23(35)14-26)19-11-15(27(28,29)30)3-6-20(19)33(22)16-4-5-18(25(31)36)21(12-16)32-9-7-17(34)8-10-32/h3-6,11-12,17,34H,7-10,13-14H2,1-2H3,(H2,31,36). The highest BCUT2D eigenvalue weighted by Gasteiger charge is 2.38. The van der Waals surface area contributed by atoms with Crippen LogP contribution in [0.1, 0.15) is 65.1 Å². The van der Waals surface area contributed by atoms with Crippen LogP contribution in [0.3, 0.4) is 0 Å². The molecule has 0 unspecified atom stereocenters. The van der Waals surface area contributed by atoms with Crippen LogP contribution in [0, 0.1) is 5.41 Å². The van der Waals surface area contributed by atoms with Crippen LogP contribution in [0.25, 0.3) is 16.6 Å². The lowest BCUT2D eigenvalue weighted by Crippen LogP contribution is -2.37. The van der Waals surface area contributed by atoms with Crippen molar-refractivity contribution >= 4 is 28.3 Å². The summed E-state index contributed by atoms with van der Waals surface area (Å²) in [6, 6.07) is 8.65. The molecule has 0 spiro atoms. The van der Waals surface area contributed by atoms with Gasteiger partial charge in [-0.15, -0.1) is 0 Å². The lowest BCUT2D eigenvalue weighted by atomic mass is 9.75. The van der Waals surface area contributed by atoms with E-state index in [1.165, 1.54) is 6.07 Å². The van der Waals surface area contributed by atoms with Gasteiger partial charge in [0.1, 0.15) is 0 Å². The van der Waals surface area contributed by atoms with Gasteiger partial charge in [-0.3, -0.25) is 9.59 Å². The highest BCUT2D eigenvalue weighted by molar-refractivity contribution is 6.11. The van der Waals surface area contributed by atoms with Crippen LogP contribution < -0.4 is 10.6 Å². The Balaban J connectivity index is 1.75. The van der Waals surface area contributed by atoms with Crippen LogP contribution in [0.5, 0.6) is 0 Å². The van der Waals surface area contributed by atoms with Crippen molar-refractivity contribution in [2.75, 3.05) is 18.0 Å². The van der Waals surface area contributed by atoms with Gasteiger partial charge in [0, 0.05) is 41.8 Å². The number of aromatic nitrogens is 1. The molecule has 2 aliphatic rings. The SMILES string of the molecule is CC1(C)CC(=O)c2c(n(-c3ccc(C(N)=O)c(N4CCC(O)CC4)c3)c3ccc(C(F)(F)F)cc23)C1. The monoisotopic (exact) mass is 499 g/mol. The summed E-state index contributed by atoms with van der Waals surface area (Å²) >= 11 is 0. The Kier molecular flexibility index (Phi) is 5.66. The van der Waals surface area contributed by atoms with Crippen molar-refractivity contribution in [2.45, 2.75) is 51.8 Å². The smallest absolute Gasteiger partial charge is 0.393 e. The number of halogens is 3. The summed E-state index contributed by atoms with van der Waals surface area (Å²) < 4.78 is 42.5. The van der Waals surface area contributed by atoms with E-state index in [1.807, 2.05) is 23.3 Å². The van der Waals surface area contributed by atoms with E-state index < -0.39 is 23.8 Å². The Bertz CT molecular complexity index is 1380. The number of anilines is 1. The van der Waals surface area contributed by atoms with E-state index in [-0.39, 0.29) is 23.0 Å². The molecule has 9 heteroatoms.